The third-order valence-electron chi connectivity index (χ3n) is 4.92. The first-order valence-corrected chi connectivity index (χ1v) is 7.58. The van der Waals surface area contributed by atoms with Crippen LogP contribution >= 0.6 is 0 Å². The Hall–Kier alpha value is -1.15. The summed E-state index contributed by atoms with van der Waals surface area (Å²) in [5.41, 5.74) is 8.28. The Bertz CT molecular complexity index is 453. The lowest BCUT2D eigenvalue weighted by molar-refractivity contribution is 0.0952. The van der Waals surface area contributed by atoms with Gasteiger partial charge in [-0.1, -0.05) is 43.5 Å². The van der Waals surface area contributed by atoms with Crippen LogP contribution in [-0.2, 0) is 0 Å². The molecule has 2 heteroatoms. The standard InChI is InChI=1S/C17H23NO/c18-17(10-1-2-11-17)12-16(19)15-8-6-14(7-9-15)13-4-3-5-13/h6-9,13H,1-5,10-12,18H2. The van der Waals surface area contributed by atoms with Crippen LogP contribution in [0.3, 0.4) is 0 Å². The molecule has 2 aliphatic carbocycles. The van der Waals surface area contributed by atoms with Gasteiger partial charge in [0.15, 0.2) is 5.78 Å². The van der Waals surface area contributed by atoms with Crippen LogP contribution in [0, 0.1) is 0 Å². The monoisotopic (exact) mass is 257 g/mol. The average molecular weight is 257 g/mol. The fourth-order valence-corrected chi connectivity index (χ4v) is 3.36. The number of carbonyl (C=O) groups excluding carboxylic acids is 1. The molecule has 0 saturated heterocycles. The first kappa shape index (κ1) is 12.9. The van der Waals surface area contributed by atoms with Crippen molar-refractivity contribution in [2.75, 3.05) is 0 Å². The maximum atomic E-state index is 12.3. The highest BCUT2D eigenvalue weighted by Gasteiger charge is 2.32. The van der Waals surface area contributed by atoms with Gasteiger partial charge in [0, 0.05) is 17.5 Å². The van der Waals surface area contributed by atoms with E-state index in [1.807, 2.05) is 12.1 Å². The molecule has 0 heterocycles. The Labute approximate surface area is 115 Å². The quantitative estimate of drug-likeness (QED) is 0.834. The summed E-state index contributed by atoms with van der Waals surface area (Å²) in [4.78, 5) is 12.3. The van der Waals surface area contributed by atoms with E-state index in [0.29, 0.717) is 6.42 Å². The van der Waals surface area contributed by atoms with Gasteiger partial charge in [-0.3, -0.25) is 4.79 Å². The van der Waals surface area contributed by atoms with Crippen molar-refractivity contribution in [3.63, 3.8) is 0 Å². The molecular weight excluding hydrogens is 234 g/mol. The molecule has 0 unspecified atom stereocenters. The summed E-state index contributed by atoms with van der Waals surface area (Å²) >= 11 is 0. The number of benzene rings is 1. The van der Waals surface area contributed by atoms with Gasteiger partial charge in [-0.05, 0) is 37.2 Å². The minimum Gasteiger partial charge on any atom is -0.325 e. The van der Waals surface area contributed by atoms with Gasteiger partial charge >= 0.3 is 0 Å². The highest BCUT2D eigenvalue weighted by atomic mass is 16.1. The van der Waals surface area contributed by atoms with Gasteiger partial charge in [-0.2, -0.15) is 0 Å². The van der Waals surface area contributed by atoms with E-state index in [9.17, 15) is 4.79 Å². The van der Waals surface area contributed by atoms with Crippen LogP contribution in [0.2, 0.25) is 0 Å². The molecule has 0 bridgehead atoms. The van der Waals surface area contributed by atoms with Gasteiger partial charge in [0.2, 0.25) is 0 Å². The van der Waals surface area contributed by atoms with Crippen LogP contribution in [0.15, 0.2) is 24.3 Å². The van der Waals surface area contributed by atoms with E-state index in [-0.39, 0.29) is 11.3 Å². The molecule has 19 heavy (non-hydrogen) atoms. The first-order valence-electron chi connectivity index (χ1n) is 7.58. The van der Waals surface area contributed by atoms with E-state index >= 15 is 0 Å². The molecule has 0 radical (unpaired) electrons. The zero-order chi connectivity index (χ0) is 13.3. The van der Waals surface area contributed by atoms with E-state index < -0.39 is 0 Å². The Morgan fingerprint density at radius 2 is 1.74 bits per heavy atom. The molecule has 2 aliphatic rings. The predicted octanol–water partition coefficient (Wildman–Crippen LogP) is 3.80. The second-order valence-corrected chi connectivity index (χ2v) is 6.42. The van der Waals surface area contributed by atoms with Gasteiger partial charge in [0.25, 0.3) is 0 Å². The molecule has 2 fully saturated rings. The summed E-state index contributed by atoms with van der Waals surface area (Å²) in [5, 5.41) is 0. The van der Waals surface area contributed by atoms with E-state index in [1.54, 1.807) is 0 Å². The largest absolute Gasteiger partial charge is 0.325 e. The Morgan fingerprint density at radius 3 is 2.26 bits per heavy atom. The maximum absolute atomic E-state index is 12.3. The normalized spacial score (nSPS) is 22.2. The van der Waals surface area contributed by atoms with Crippen molar-refractivity contribution < 1.29 is 4.79 Å². The zero-order valence-electron chi connectivity index (χ0n) is 11.5. The van der Waals surface area contributed by atoms with Crippen molar-refractivity contribution in [3.8, 4) is 0 Å². The van der Waals surface area contributed by atoms with Crippen LogP contribution in [0.25, 0.3) is 0 Å². The summed E-state index contributed by atoms with van der Waals surface area (Å²) in [6, 6.07) is 8.26. The molecule has 0 spiro atoms. The molecule has 0 atom stereocenters. The average Bonchev–Trinajstić information content (AvgIpc) is 2.74. The number of Topliss-reactive ketones (excluding diaryl/α,β-unsaturated/α-hetero) is 1. The molecule has 3 rings (SSSR count). The molecule has 1 aromatic carbocycles. The molecule has 2 N–H and O–H groups in total. The molecule has 1 aromatic rings. The number of rotatable bonds is 4. The number of nitrogens with two attached hydrogens (primary N) is 1. The summed E-state index contributed by atoms with van der Waals surface area (Å²) in [5.74, 6) is 0.949. The fourth-order valence-electron chi connectivity index (χ4n) is 3.36. The first-order chi connectivity index (χ1) is 9.16. The van der Waals surface area contributed by atoms with Crippen LogP contribution < -0.4 is 5.73 Å². The fraction of sp³-hybridized carbons (Fsp3) is 0.588. The van der Waals surface area contributed by atoms with E-state index in [1.165, 1.54) is 37.7 Å². The summed E-state index contributed by atoms with van der Waals surface area (Å²) < 4.78 is 0. The summed E-state index contributed by atoms with van der Waals surface area (Å²) in [7, 11) is 0. The smallest absolute Gasteiger partial charge is 0.164 e. The van der Waals surface area contributed by atoms with E-state index in [0.717, 1.165) is 24.3 Å². The zero-order valence-corrected chi connectivity index (χ0v) is 11.5. The maximum Gasteiger partial charge on any atom is 0.164 e. The molecule has 0 aromatic heterocycles. The van der Waals surface area contributed by atoms with Crippen molar-refractivity contribution in [1.29, 1.82) is 0 Å². The predicted molar refractivity (Wildman–Crippen MR) is 77.4 cm³/mol. The second-order valence-electron chi connectivity index (χ2n) is 6.42. The van der Waals surface area contributed by atoms with Gasteiger partial charge < -0.3 is 5.73 Å². The molecule has 0 amide bonds. The summed E-state index contributed by atoms with van der Waals surface area (Å²) in [6.07, 6.45) is 8.81. The van der Waals surface area contributed by atoms with Crippen molar-refractivity contribution >= 4 is 5.78 Å². The van der Waals surface area contributed by atoms with Gasteiger partial charge in [-0.15, -0.1) is 0 Å². The van der Waals surface area contributed by atoms with Gasteiger partial charge in [0.1, 0.15) is 0 Å². The van der Waals surface area contributed by atoms with E-state index in [2.05, 4.69) is 12.1 Å². The number of ketones is 1. The topological polar surface area (TPSA) is 43.1 Å². The highest BCUT2D eigenvalue weighted by Crippen LogP contribution is 2.36. The Morgan fingerprint density at radius 1 is 1.11 bits per heavy atom. The molecule has 0 aliphatic heterocycles. The molecule has 2 nitrogen and oxygen atoms in total. The van der Waals surface area contributed by atoms with E-state index in [4.69, 9.17) is 5.73 Å². The van der Waals surface area contributed by atoms with Crippen molar-refractivity contribution in [2.45, 2.75) is 62.8 Å². The number of hydrogen-bond acceptors (Lipinski definition) is 2. The van der Waals surface area contributed by atoms with Gasteiger partial charge in [-0.25, -0.2) is 0 Å². The number of hydrogen-bond donors (Lipinski definition) is 1. The Balaban J connectivity index is 1.66. The van der Waals surface area contributed by atoms with Crippen LogP contribution in [0.5, 0.6) is 0 Å². The molecular formula is C17H23NO. The van der Waals surface area contributed by atoms with Crippen molar-refractivity contribution in [2.24, 2.45) is 5.73 Å². The molecule has 102 valence electrons. The third-order valence-corrected chi connectivity index (χ3v) is 4.92. The highest BCUT2D eigenvalue weighted by molar-refractivity contribution is 5.96. The minimum atomic E-state index is -0.232. The lowest BCUT2D eigenvalue weighted by Crippen LogP contribution is -2.38. The number of carbonyl (C=O) groups is 1. The van der Waals surface area contributed by atoms with Crippen LogP contribution in [-0.4, -0.2) is 11.3 Å². The van der Waals surface area contributed by atoms with Crippen molar-refractivity contribution in [3.05, 3.63) is 35.4 Å². The van der Waals surface area contributed by atoms with Crippen LogP contribution in [0.4, 0.5) is 0 Å². The molecule has 2 saturated carbocycles. The van der Waals surface area contributed by atoms with Gasteiger partial charge in [0.05, 0.1) is 0 Å². The summed E-state index contributed by atoms with van der Waals surface area (Å²) in [6.45, 7) is 0. The second kappa shape index (κ2) is 5.09. The third kappa shape index (κ3) is 2.74. The van der Waals surface area contributed by atoms with Crippen molar-refractivity contribution in [1.82, 2.24) is 0 Å². The Kier molecular flexibility index (Phi) is 3.44. The van der Waals surface area contributed by atoms with Crippen LogP contribution in [0.1, 0.15) is 73.2 Å². The SMILES string of the molecule is NC1(CC(=O)c2ccc(C3CCC3)cc2)CCCC1. The lowest BCUT2D eigenvalue weighted by Gasteiger charge is -2.26. The minimum absolute atomic E-state index is 0.213. The lowest BCUT2D eigenvalue weighted by atomic mass is 9.79.